The summed E-state index contributed by atoms with van der Waals surface area (Å²) in [6.07, 6.45) is -0.183. The molecule has 9 heteroatoms. The third kappa shape index (κ3) is 46.6. The highest BCUT2D eigenvalue weighted by atomic mass is 16.7. The first kappa shape index (κ1) is 46.1. The van der Waals surface area contributed by atoms with E-state index in [-0.39, 0.29) is 39.2 Å². The molecule has 0 saturated carbocycles. The Kier molecular flexibility index (Phi) is 21.1. The second kappa shape index (κ2) is 19.2. The second-order valence-corrected chi connectivity index (χ2v) is 17.6. The van der Waals surface area contributed by atoms with E-state index in [1.807, 2.05) is 62.3 Å². The van der Waals surface area contributed by atoms with Crippen molar-refractivity contribution in [2.75, 3.05) is 46.4 Å². The minimum atomic E-state index is -0.566. The van der Waals surface area contributed by atoms with E-state index in [0.717, 1.165) is 0 Å². The van der Waals surface area contributed by atoms with Crippen LogP contribution in [0.5, 0.6) is 0 Å². The van der Waals surface area contributed by atoms with Gasteiger partial charge in [-0.1, -0.05) is 62.3 Å². The molecule has 0 spiro atoms. The van der Waals surface area contributed by atoms with Gasteiger partial charge < -0.3 is 45.6 Å². The average molecular weight is 610 g/mol. The Bertz CT molecular complexity index is 604. The van der Waals surface area contributed by atoms with Gasteiger partial charge in [-0.05, 0) is 78.6 Å². The quantitative estimate of drug-likeness (QED) is 0.141. The standard InChI is InChI=1S/C12H27NO2.C11H25NO2.C10H23NO2/c1-10(2,3)8-14-12(6,7)15-9-11(4,5)13;1-9(13-7-10(2,3)4)14-8-11(5,6)12;1-9(2,3)6-12-8-13-7-10(4,5)11/h8-9,13H2,1-7H3;9H,7-8,12H2,1-6H3;6-8,11H2,1-5H3. The Morgan fingerprint density at radius 3 is 1.12 bits per heavy atom. The van der Waals surface area contributed by atoms with Gasteiger partial charge in [-0.2, -0.15) is 0 Å². The maximum Gasteiger partial charge on any atom is 0.162 e. The minimum absolute atomic E-state index is 0.152. The lowest BCUT2D eigenvalue weighted by atomic mass is 9.98. The molecule has 42 heavy (non-hydrogen) atoms. The number of rotatable bonds is 15. The summed E-state index contributed by atoms with van der Waals surface area (Å²) in [7, 11) is 0. The molecular formula is C33H75N3O6. The molecule has 1 unspecified atom stereocenters. The molecule has 0 aromatic carbocycles. The number of ether oxygens (including phenoxy) is 6. The Morgan fingerprint density at radius 1 is 0.429 bits per heavy atom. The van der Waals surface area contributed by atoms with Gasteiger partial charge in [0.1, 0.15) is 6.79 Å². The van der Waals surface area contributed by atoms with Crippen molar-refractivity contribution >= 4 is 0 Å². The summed E-state index contributed by atoms with van der Waals surface area (Å²) >= 11 is 0. The van der Waals surface area contributed by atoms with Gasteiger partial charge in [-0.3, -0.25) is 0 Å². The summed E-state index contributed by atoms with van der Waals surface area (Å²) in [6.45, 7) is 40.4. The molecule has 0 bridgehead atoms. The van der Waals surface area contributed by atoms with Crippen molar-refractivity contribution in [2.24, 2.45) is 33.4 Å². The van der Waals surface area contributed by atoms with Crippen LogP contribution in [0.4, 0.5) is 0 Å². The Hall–Kier alpha value is -0.360. The van der Waals surface area contributed by atoms with Crippen LogP contribution in [0.15, 0.2) is 0 Å². The topological polar surface area (TPSA) is 133 Å². The van der Waals surface area contributed by atoms with Crippen LogP contribution in [-0.4, -0.2) is 75.1 Å². The monoisotopic (exact) mass is 610 g/mol. The second-order valence-electron chi connectivity index (χ2n) is 17.6. The maximum atomic E-state index is 5.84. The van der Waals surface area contributed by atoms with E-state index >= 15 is 0 Å². The number of hydrogen-bond donors (Lipinski definition) is 3. The van der Waals surface area contributed by atoms with Crippen LogP contribution in [0.2, 0.25) is 0 Å². The molecule has 0 aromatic rings. The molecular weight excluding hydrogens is 534 g/mol. The molecule has 0 aliphatic heterocycles. The molecule has 9 nitrogen and oxygen atoms in total. The number of nitrogens with two attached hydrogens (primary N) is 3. The molecule has 0 aromatic heterocycles. The van der Waals surface area contributed by atoms with E-state index in [4.69, 9.17) is 45.6 Å². The minimum Gasteiger partial charge on any atom is -0.355 e. The third-order valence-corrected chi connectivity index (χ3v) is 4.26. The first-order chi connectivity index (χ1) is 18.2. The normalized spacial score (nSPS) is 14.5. The highest BCUT2D eigenvalue weighted by Gasteiger charge is 2.25. The fourth-order valence-corrected chi connectivity index (χ4v) is 2.25. The maximum absolute atomic E-state index is 5.84. The van der Waals surface area contributed by atoms with E-state index in [9.17, 15) is 0 Å². The highest BCUT2D eigenvalue weighted by molar-refractivity contribution is 4.73. The van der Waals surface area contributed by atoms with Crippen molar-refractivity contribution in [3.63, 3.8) is 0 Å². The molecule has 0 aliphatic rings. The van der Waals surface area contributed by atoms with Gasteiger partial charge in [0.2, 0.25) is 0 Å². The highest BCUT2D eigenvalue weighted by Crippen LogP contribution is 2.20. The first-order valence-electron chi connectivity index (χ1n) is 15.3. The van der Waals surface area contributed by atoms with Crippen LogP contribution in [0.1, 0.15) is 125 Å². The zero-order chi connectivity index (χ0) is 34.3. The van der Waals surface area contributed by atoms with E-state index in [1.165, 1.54) is 0 Å². The molecule has 1 atom stereocenters. The Morgan fingerprint density at radius 2 is 0.762 bits per heavy atom. The van der Waals surface area contributed by atoms with E-state index in [1.54, 1.807) is 0 Å². The average Bonchev–Trinajstić information content (AvgIpc) is 2.71. The lowest BCUT2D eigenvalue weighted by Gasteiger charge is -2.32. The molecule has 0 heterocycles. The predicted molar refractivity (Wildman–Crippen MR) is 177 cm³/mol. The van der Waals surface area contributed by atoms with E-state index in [2.05, 4.69) is 62.3 Å². The molecule has 258 valence electrons. The molecule has 0 aliphatic carbocycles. The summed E-state index contributed by atoms with van der Waals surface area (Å²) < 4.78 is 32.9. The van der Waals surface area contributed by atoms with Crippen LogP contribution in [0.3, 0.4) is 0 Å². The lowest BCUT2D eigenvalue weighted by Crippen LogP contribution is -2.42. The van der Waals surface area contributed by atoms with E-state index in [0.29, 0.717) is 46.4 Å². The zero-order valence-corrected chi connectivity index (χ0v) is 31.2. The molecule has 0 fully saturated rings. The van der Waals surface area contributed by atoms with Crippen LogP contribution < -0.4 is 17.2 Å². The summed E-state index contributed by atoms with van der Waals surface area (Å²) in [4.78, 5) is 0. The molecule has 0 radical (unpaired) electrons. The summed E-state index contributed by atoms with van der Waals surface area (Å²) in [6, 6.07) is 0. The van der Waals surface area contributed by atoms with Crippen molar-refractivity contribution in [1.29, 1.82) is 0 Å². The first-order valence-corrected chi connectivity index (χ1v) is 15.3. The third-order valence-electron chi connectivity index (χ3n) is 4.26. The van der Waals surface area contributed by atoms with E-state index < -0.39 is 5.79 Å². The van der Waals surface area contributed by atoms with Gasteiger partial charge in [0.25, 0.3) is 0 Å². The lowest BCUT2D eigenvalue weighted by molar-refractivity contribution is -0.229. The van der Waals surface area contributed by atoms with Crippen LogP contribution in [0.25, 0.3) is 0 Å². The summed E-state index contributed by atoms with van der Waals surface area (Å²) in [5.41, 5.74) is 17.0. The largest absolute Gasteiger partial charge is 0.355 e. The van der Waals surface area contributed by atoms with Gasteiger partial charge in [0, 0.05) is 16.6 Å². The van der Waals surface area contributed by atoms with Gasteiger partial charge in [-0.15, -0.1) is 0 Å². The fraction of sp³-hybridized carbons (Fsp3) is 1.00. The van der Waals surface area contributed by atoms with Gasteiger partial charge >= 0.3 is 0 Å². The summed E-state index contributed by atoms with van der Waals surface area (Å²) in [5, 5.41) is 0. The smallest absolute Gasteiger partial charge is 0.162 e. The Balaban J connectivity index is -0.000000545. The molecule has 0 rings (SSSR count). The van der Waals surface area contributed by atoms with Crippen molar-refractivity contribution in [1.82, 2.24) is 0 Å². The SMILES string of the molecule is CC(C)(C)COC(C)(C)OCC(C)(C)N.CC(C)(C)COCOCC(C)(C)N.CC(OCC(C)(C)C)OCC(C)(C)N. The fourth-order valence-electron chi connectivity index (χ4n) is 2.25. The molecule has 0 amide bonds. The van der Waals surface area contributed by atoms with Gasteiger partial charge in [-0.25, -0.2) is 0 Å². The zero-order valence-electron chi connectivity index (χ0n) is 31.2. The van der Waals surface area contributed by atoms with Crippen LogP contribution in [0, 0.1) is 16.2 Å². The van der Waals surface area contributed by atoms with Crippen molar-refractivity contribution < 1.29 is 28.4 Å². The van der Waals surface area contributed by atoms with Crippen molar-refractivity contribution in [3.8, 4) is 0 Å². The van der Waals surface area contributed by atoms with Crippen LogP contribution in [-0.2, 0) is 28.4 Å². The summed E-state index contributed by atoms with van der Waals surface area (Å²) in [5.74, 6) is -0.566. The Labute approximate surface area is 261 Å². The van der Waals surface area contributed by atoms with Crippen molar-refractivity contribution in [3.05, 3.63) is 0 Å². The van der Waals surface area contributed by atoms with Gasteiger partial charge in [0.15, 0.2) is 12.1 Å². The number of hydrogen-bond acceptors (Lipinski definition) is 9. The van der Waals surface area contributed by atoms with Gasteiger partial charge in [0.05, 0.1) is 39.6 Å². The van der Waals surface area contributed by atoms with Crippen molar-refractivity contribution in [2.45, 2.75) is 153 Å². The van der Waals surface area contributed by atoms with Crippen LogP contribution >= 0.6 is 0 Å². The molecule has 6 N–H and O–H groups in total. The molecule has 0 saturated heterocycles. The predicted octanol–water partition coefficient (Wildman–Crippen LogP) is 6.45.